The lowest BCUT2D eigenvalue weighted by atomic mass is 10.8. The molecule has 0 aliphatic rings. The average molecular weight is 99.5 g/mol. The second-order valence-corrected chi connectivity index (χ2v) is 0.487. The molecule has 3 heteroatoms. The predicted molar refractivity (Wildman–Crippen MR) is 22.0 cm³/mol. The molecule has 0 aromatic carbocycles. The van der Waals surface area contributed by atoms with Crippen LogP contribution in [0.3, 0.4) is 0 Å². The number of hydrogen-bond donors (Lipinski definition) is 1. The smallest absolute Gasteiger partial charge is 0.0231 e. The summed E-state index contributed by atoms with van der Waals surface area (Å²) in [5.41, 5.74) is 1.43. The lowest BCUT2D eigenvalue weighted by molar-refractivity contribution is 0.346. The standard InChI is InChI=1S/C2H6FN.ClH/c1-2-4-3;/h4H,2H2,1H3;1H. The van der Waals surface area contributed by atoms with E-state index in [1.807, 2.05) is 0 Å². The Bertz CT molecular complexity index is 11.6. The lowest BCUT2D eigenvalue weighted by Gasteiger charge is -1.70. The van der Waals surface area contributed by atoms with Gasteiger partial charge >= 0.3 is 0 Å². The fraction of sp³-hybridized carbons (Fsp3) is 1.00. The van der Waals surface area contributed by atoms with Crippen molar-refractivity contribution < 1.29 is 4.48 Å². The molecule has 0 rings (SSSR count). The molecule has 0 saturated heterocycles. The Kier molecular flexibility index (Phi) is 15.9. The molecule has 1 nitrogen and oxygen atoms in total. The summed E-state index contributed by atoms with van der Waals surface area (Å²) in [6.45, 7) is 2.10. The molecule has 0 bridgehead atoms. The molecule has 0 atom stereocenters. The summed E-state index contributed by atoms with van der Waals surface area (Å²) in [6, 6.07) is 0. The zero-order valence-corrected chi connectivity index (χ0v) is 3.81. The van der Waals surface area contributed by atoms with E-state index in [9.17, 15) is 4.48 Å². The maximum atomic E-state index is 10.5. The third-order valence-electron chi connectivity index (χ3n) is 0.134. The first-order chi connectivity index (χ1) is 1.91. The molecule has 5 heavy (non-hydrogen) atoms. The molecule has 0 aromatic heterocycles. The van der Waals surface area contributed by atoms with Crippen LogP contribution in [-0.2, 0) is 0 Å². The second-order valence-electron chi connectivity index (χ2n) is 0.487. The third-order valence-corrected chi connectivity index (χ3v) is 0.134. The summed E-state index contributed by atoms with van der Waals surface area (Å²) in [5.74, 6) is 0. The third kappa shape index (κ3) is 14.3. The molecular formula is C2H7ClFN. The van der Waals surface area contributed by atoms with Crippen molar-refractivity contribution in [2.24, 2.45) is 0 Å². The van der Waals surface area contributed by atoms with Gasteiger partial charge in [-0.3, -0.25) is 0 Å². The lowest BCUT2D eigenvalue weighted by Crippen LogP contribution is -1.93. The van der Waals surface area contributed by atoms with Crippen molar-refractivity contribution in [3.05, 3.63) is 0 Å². The van der Waals surface area contributed by atoms with Gasteiger partial charge in [0.15, 0.2) is 0 Å². The monoisotopic (exact) mass is 99.0 g/mol. The van der Waals surface area contributed by atoms with Gasteiger partial charge in [-0.25, -0.2) is 0 Å². The molecule has 0 aliphatic heterocycles. The molecule has 0 radical (unpaired) electrons. The summed E-state index contributed by atoms with van der Waals surface area (Å²) in [6.07, 6.45) is 0. The van der Waals surface area contributed by atoms with Gasteiger partial charge in [-0.05, 0) is 0 Å². The summed E-state index contributed by atoms with van der Waals surface area (Å²) < 4.78 is 10.5. The highest BCUT2D eigenvalue weighted by Crippen LogP contribution is 1.44. The first-order valence-electron chi connectivity index (χ1n) is 1.25. The first-order valence-corrected chi connectivity index (χ1v) is 1.25. The minimum absolute atomic E-state index is 0. The van der Waals surface area contributed by atoms with E-state index in [1.54, 1.807) is 6.92 Å². The highest BCUT2D eigenvalue weighted by atomic mass is 35.5. The van der Waals surface area contributed by atoms with Crippen molar-refractivity contribution >= 4 is 12.4 Å². The highest BCUT2D eigenvalue weighted by molar-refractivity contribution is 5.85. The van der Waals surface area contributed by atoms with Gasteiger partial charge < -0.3 is 0 Å². The van der Waals surface area contributed by atoms with Crippen LogP contribution >= 0.6 is 12.4 Å². The second kappa shape index (κ2) is 8.89. The van der Waals surface area contributed by atoms with Gasteiger partial charge in [0.2, 0.25) is 0 Å². The normalized spacial score (nSPS) is 6.00. The highest BCUT2D eigenvalue weighted by Gasteiger charge is 1.55. The van der Waals surface area contributed by atoms with Gasteiger partial charge in [0, 0.05) is 6.54 Å². The zero-order chi connectivity index (χ0) is 3.41. The Morgan fingerprint density at radius 2 is 2.00 bits per heavy atom. The zero-order valence-electron chi connectivity index (χ0n) is 2.99. The van der Waals surface area contributed by atoms with Crippen molar-refractivity contribution in [1.82, 2.24) is 5.54 Å². The molecule has 0 aliphatic carbocycles. The molecule has 0 amide bonds. The summed E-state index contributed by atoms with van der Waals surface area (Å²) >= 11 is 0. The molecule has 34 valence electrons. The Balaban J connectivity index is 0. The van der Waals surface area contributed by atoms with Crippen LogP contribution in [0.5, 0.6) is 0 Å². The van der Waals surface area contributed by atoms with Crippen molar-refractivity contribution in [3.8, 4) is 0 Å². The SMILES string of the molecule is CCNF.Cl. The number of nitrogens with one attached hydrogen (secondary N) is 1. The quantitative estimate of drug-likeness (QED) is 0.482. The summed E-state index contributed by atoms with van der Waals surface area (Å²) in [7, 11) is 0. The van der Waals surface area contributed by atoms with E-state index in [2.05, 4.69) is 0 Å². The van der Waals surface area contributed by atoms with Gasteiger partial charge in [-0.1, -0.05) is 6.92 Å². The van der Waals surface area contributed by atoms with E-state index in [0.717, 1.165) is 0 Å². The number of rotatable bonds is 1. The fourth-order valence-corrected chi connectivity index (χ4v) is 0. The fourth-order valence-electron chi connectivity index (χ4n) is 0. The van der Waals surface area contributed by atoms with Crippen molar-refractivity contribution in [3.63, 3.8) is 0 Å². The van der Waals surface area contributed by atoms with Gasteiger partial charge in [-0.15, -0.1) is 16.9 Å². The van der Waals surface area contributed by atoms with E-state index in [4.69, 9.17) is 0 Å². The topological polar surface area (TPSA) is 12.0 Å². The van der Waals surface area contributed by atoms with E-state index in [0.29, 0.717) is 6.54 Å². The Morgan fingerprint density at radius 3 is 2.00 bits per heavy atom. The van der Waals surface area contributed by atoms with Crippen LogP contribution in [0.2, 0.25) is 0 Å². The molecular weight excluding hydrogens is 92.5 g/mol. The van der Waals surface area contributed by atoms with Crippen LogP contribution < -0.4 is 5.54 Å². The van der Waals surface area contributed by atoms with Crippen molar-refractivity contribution in [2.75, 3.05) is 6.54 Å². The van der Waals surface area contributed by atoms with Crippen LogP contribution in [-0.4, -0.2) is 6.54 Å². The average Bonchev–Trinajstić information content (AvgIpc) is 1.37. The molecule has 0 aromatic rings. The minimum atomic E-state index is 0. The van der Waals surface area contributed by atoms with Crippen LogP contribution in [0.4, 0.5) is 4.48 Å². The van der Waals surface area contributed by atoms with Crippen molar-refractivity contribution in [1.29, 1.82) is 0 Å². The predicted octanol–water partition coefficient (Wildman–Crippen LogP) is 0.902. The van der Waals surface area contributed by atoms with E-state index in [-0.39, 0.29) is 12.4 Å². The molecule has 0 fully saturated rings. The Morgan fingerprint density at radius 1 is 1.80 bits per heavy atom. The maximum absolute atomic E-state index is 10.5. The van der Waals surface area contributed by atoms with Gasteiger partial charge in [0.25, 0.3) is 0 Å². The number of halogens is 2. The van der Waals surface area contributed by atoms with Crippen LogP contribution in [0, 0.1) is 0 Å². The minimum Gasteiger partial charge on any atom is -0.160 e. The van der Waals surface area contributed by atoms with E-state index in [1.165, 1.54) is 5.54 Å². The van der Waals surface area contributed by atoms with Crippen molar-refractivity contribution in [2.45, 2.75) is 6.92 Å². The molecule has 0 heterocycles. The molecule has 0 saturated carbocycles. The van der Waals surface area contributed by atoms with Gasteiger partial charge in [-0.2, -0.15) is 5.54 Å². The largest absolute Gasteiger partial charge is 0.160 e. The van der Waals surface area contributed by atoms with Gasteiger partial charge in [0.1, 0.15) is 0 Å². The maximum Gasteiger partial charge on any atom is 0.0231 e. The summed E-state index contributed by atoms with van der Waals surface area (Å²) in [4.78, 5) is 0. The molecule has 0 spiro atoms. The Hall–Kier alpha value is 0.180. The summed E-state index contributed by atoms with van der Waals surface area (Å²) in [5, 5.41) is 0. The molecule has 1 N–H and O–H groups in total. The Labute approximate surface area is 36.9 Å². The van der Waals surface area contributed by atoms with E-state index >= 15 is 0 Å². The molecule has 0 unspecified atom stereocenters. The van der Waals surface area contributed by atoms with Crippen LogP contribution in [0.15, 0.2) is 0 Å². The van der Waals surface area contributed by atoms with Crippen LogP contribution in [0.25, 0.3) is 0 Å². The first kappa shape index (κ1) is 8.95. The number of hydrogen-bond acceptors (Lipinski definition) is 1. The van der Waals surface area contributed by atoms with Crippen LogP contribution in [0.1, 0.15) is 6.92 Å². The van der Waals surface area contributed by atoms with Gasteiger partial charge in [0.05, 0.1) is 0 Å². The van der Waals surface area contributed by atoms with E-state index < -0.39 is 0 Å².